The van der Waals surface area contributed by atoms with Crippen molar-refractivity contribution in [3.05, 3.63) is 69.7 Å². The highest BCUT2D eigenvalue weighted by atomic mass is 79.9. The third-order valence-corrected chi connectivity index (χ3v) is 5.70. The minimum atomic E-state index is -0.429. The number of rotatable bonds is 4. The first-order chi connectivity index (χ1) is 12.0. The molecule has 1 saturated carbocycles. The van der Waals surface area contributed by atoms with Crippen LogP contribution in [-0.4, -0.2) is 5.91 Å². The number of nitrogens with one attached hydrogen (secondary N) is 1. The molecule has 0 aromatic heterocycles. The molecule has 3 nitrogen and oxygen atoms in total. The van der Waals surface area contributed by atoms with E-state index in [0.717, 1.165) is 41.3 Å². The number of hydrogen-bond donors (Lipinski definition) is 1. The first kappa shape index (κ1) is 17.7. The predicted octanol–water partition coefficient (Wildman–Crippen LogP) is 5.01. The molecule has 1 fully saturated rings. The van der Waals surface area contributed by atoms with E-state index in [1.54, 1.807) is 12.1 Å². The first-order valence-corrected chi connectivity index (χ1v) is 9.41. The summed E-state index contributed by atoms with van der Waals surface area (Å²) in [6, 6.07) is 17.6. The first-order valence-electron chi connectivity index (χ1n) is 8.62. The number of benzene rings is 2. The zero-order chi connectivity index (χ0) is 17.9. The molecule has 1 aliphatic rings. The second-order valence-corrected chi connectivity index (χ2v) is 7.64. The third-order valence-electron chi connectivity index (χ3n) is 5.18. The summed E-state index contributed by atoms with van der Waals surface area (Å²) in [5.74, 6) is 0.101. The predicted molar refractivity (Wildman–Crippen MR) is 102 cm³/mol. The van der Waals surface area contributed by atoms with Crippen molar-refractivity contribution in [2.24, 2.45) is 0 Å². The fourth-order valence-corrected chi connectivity index (χ4v) is 3.92. The van der Waals surface area contributed by atoms with Gasteiger partial charge in [-0.2, -0.15) is 5.26 Å². The lowest BCUT2D eigenvalue weighted by atomic mass is 9.77. The molecule has 4 heteroatoms. The molecule has 1 atom stereocenters. The molecule has 0 saturated heterocycles. The van der Waals surface area contributed by atoms with Gasteiger partial charge in [-0.1, -0.05) is 53.0 Å². The Bertz CT molecular complexity index is 784. The van der Waals surface area contributed by atoms with Gasteiger partial charge in [0, 0.05) is 4.47 Å². The van der Waals surface area contributed by atoms with Gasteiger partial charge >= 0.3 is 0 Å². The molecule has 1 aliphatic carbocycles. The highest BCUT2D eigenvalue weighted by molar-refractivity contribution is 9.10. The fourth-order valence-electron chi connectivity index (χ4n) is 3.66. The zero-order valence-corrected chi connectivity index (χ0v) is 15.8. The van der Waals surface area contributed by atoms with Gasteiger partial charge in [0.25, 0.3) is 0 Å². The minimum Gasteiger partial charge on any atom is -0.349 e. The van der Waals surface area contributed by atoms with Gasteiger partial charge in [0.1, 0.15) is 0 Å². The lowest BCUT2D eigenvalue weighted by Gasteiger charge is -2.30. The number of halogens is 1. The van der Waals surface area contributed by atoms with E-state index in [0.29, 0.717) is 5.56 Å². The van der Waals surface area contributed by atoms with E-state index in [-0.39, 0.29) is 11.9 Å². The van der Waals surface area contributed by atoms with Crippen molar-refractivity contribution in [1.29, 1.82) is 5.26 Å². The van der Waals surface area contributed by atoms with Crippen LogP contribution in [0.3, 0.4) is 0 Å². The average Bonchev–Trinajstić information content (AvgIpc) is 3.13. The Kier molecular flexibility index (Phi) is 5.24. The van der Waals surface area contributed by atoms with E-state index < -0.39 is 5.41 Å². The maximum Gasteiger partial charge on any atom is 0.231 e. The van der Waals surface area contributed by atoms with Crippen molar-refractivity contribution >= 4 is 21.8 Å². The summed E-state index contributed by atoms with van der Waals surface area (Å²) in [5, 5.41) is 12.1. The molecule has 2 aromatic rings. The highest BCUT2D eigenvalue weighted by Gasteiger charge is 2.42. The molecule has 0 heterocycles. The van der Waals surface area contributed by atoms with Crippen LogP contribution in [-0.2, 0) is 10.2 Å². The molecular formula is C21H21BrN2O. The molecule has 0 spiro atoms. The standard InChI is InChI=1S/C21H21BrN2O/c1-15(17-6-4-16(14-23)5-7-17)24-20(25)21(12-2-3-13-21)18-8-10-19(22)11-9-18/h4-11,15H,2-3,12-13H2,1H3,(H,24,25). The smallest absolute Gasteiger partial charge is 0.231 e. The highest BCUT2D eigenvalue weighted by Crippen LogP contribution is 2.42. The maximum absolute atomic E-state index is 13.2. The summed E-state index contributed by atoms with van der Waals surface area (Å²) in [7, 11) is 0. The van der Waals surface area contributed by atoms with Crippen molar-refractivity contribution in [3.63, 3.8) is 0 Å². The number of amides is 1. The van der Waals surface area contributed by atoms with Crippen molar-refractivity contribution in [3.8, 4) is 6.07 Å². The van der Waals surface area contributed by atoms with Crippen molar-refractivity contribution in [2.45, 2.75) is 44.1 Å². The average molecular weight is 397 g/mol. The Hall–Kier alpha value is -2.12. The minimum absolute atomic E-state index is 0.0897. The van der Waals surface area contributed by atoms with Crippen molar-refractivity contribution < 1.29 is 4.79 Å². The van der Waals surface area contributed by atoms with Gasteiger partial charge in [-0.15, -0.1) is 0 Å². The molecule has 0 bridgehead atoms. The van der Waals surface area contributed by atoms with Crippen LogP contribution in [0, 0.1) is 11.3 Å². The van der Waals surface area contributed by atoms with Crippen LogP contribution in [0.15, 0.2) is 53.0 Å². The molecule has 0 radical (unpaired) electrons. The summed E-state index contributed by atoms with van der Waals surface area (Å²) in [4.78, 5) is 13.2. The summed E-state index contributed by atoms with van der Waals surface area (Å²) in [6.07, 6.45) is 3.94. The summed E-state index contributed by atoms with van der Waals surface area (Å²) >= 11 is 3.47. The quantitative estimate of drug-likeness (QED) is 0.789. The van der Waals surface area contributed by atoms with Crippen molar-refractivity contribution in [1.82, 2.24) is 5.32 Å². The van der Waals surface area contributed by atoms with Gasteiger partial charge in [-0.3, -0.25) is 4.79 Å². The SMILES string of the molecule is CC(NC(=O)C1(c2ccc(Br)cc2)CCCC1)c1ccc(C#N)cc1. The van der Waals surface area contributed by atoms with Crippen LogP contribution in [0.5, 0.6) is 0 Å². The topological polar surface area (TPSA) is 52.9 Å². The van der Waals surface area contributed by atoms with Crippen LogP contribution in [0.25, 0.3) is 0 Å². The molecule has 3 rings (SSSR count). The Morgan fingerprint density at radius 3 is 2.28 bits per heavy atom. The zero-order valence-electron chi connectivity index (χ0n) is 14.3. The van der Waals surface area contributed by atoms with Gasteiger partial charge in [0.2, 0.25) is 5.91 Å². The monoisotopic (exact) mass is 396 g/mol. The lowest BCUT2D eigenvalue weighted by Crippen LogP contribution is -2.43. The number of carbonyl (C=O) groups excluding carboxylic acids is 1. The van der Waals surface area contributed by atoms with Crippen LogP contribution in [0.2, 0.25) is 0 Å². The molecule has 25 heavy (non-hydrogen) atoms. The van der Waals surface area contributed by atoms with E-state index >= 15 is 0 Å². The molecule has 1 amide bonds. The van der Waals surface area contributed by atoms with Crippen LogP contribution >= 0.6 is 15.9 Å². The molecule has 1 unspecified atom stereocenters. The summed E-state index contributed by atoms with van der Waals surface area (Å²) < 4.78 is 1.02. The van der Waals surface area contributed by atoms with E-state index in [1.807, 2.05) is 31.2 Å². The number of nitriles is 1. The van der Waals surface area contributed by atoms with Crippen molar-refractivity contribution in [2.75, 3.05) is 0 Å². The lowest BCUT2D eigenvalue weighted by molar-refractivity contribution is -0.127. The number of hydrogen-bond acceptors (Lipinski definition) is 2. The van der Waals surface area contributed by atoms with Crippen LogP contribution in [0.1, 0.15) is 55.3 Å². The van der Waals surface area contributed by atoms with Crippen LogP contribution < -0.4 is 5.32 Å². The Balaban J connectivity index is 1.81. The van der Waals surface area contributed by atoms with Gasteiger partial charge in [0.05, 0.1) is 23.1 Å². The molecule has 128 valence electrons. The normalized spacial score (nSPS) is 16.8. The molecular weight excluding hydrogens is 376 g/mol. The van der Waals surface area contributed by atoms with Gasteiger partial charge in [-0.25, -0.2) is 0 Å². The third kappa shape index (κ3) is 3.62. The maximum atomic E-state index is 13.2. The number of nitrogens with zero attached hydrogens (tertiary/aromatic N) is 1. The van der Waals surface area contributed by atoms with Gasteiger partial charge in [0.15, 0.2) is 0 Å². The van der Waals surface area contributed by atoms with E-state index in [4.69, 9.17) is 5.26 Å². The Morgan fingerprint density at radius 2 is 1.72 bits per heavy atom. The van der Waals surface area contributed by atoms with E-state index in [1.165, 1.54) is 0 Å². The van der Waals surface area contributed by atoms with Gasteiger partial charge in [-0.05, 0) is 55.2 Å². The van der Waals surface area contributed by atoms with Crippen LogP contribution in [0.4, 0.5) is 0 Å². The summed E-state index contributed by atoms with van der Waals surface area (Å²) in [5.41, 5.74) is 2.31. The number of carbonyl (C=O) groups is 1. The summed E-state index contributed by atoms with van der Waals surface area (Å²) in [6.45, 7) is 1.99. The Morgan fingerprint density at radius 1 is 1.12 bits per heavy atom. The van der Waals surface area contributed by atoms with E-state index in [2.05, 4.69) is 39.4 Å². The molecule has 1 N–H and O–H groups in total. The van der Waals surface area contributed by atoms with Gasteiger partial charge < -0.3 is 5.32 Å². The van der Waals surface area contributed by atoms with E-state index in [9.17, 15) is 4.79 Å². The second-order valence-electron chi connectivity index (χ2n) is 6.73. The second kappa shape index (κ2) is 7.41. The molecule has 2 aromatic carbocycles. The fraction of sp³-hybridized carbons (Fsp3) is 0.333. The largest absolute Gasteiger partial charge is 0.349 e. The Labute approximate surface area is 157 Å². The molecule has 0 aliphatic heterocycles.